The molecule has 0 amide bonds. The Morgan fingerprint density at radius 3 is 2.52 bits per heavy atom. The highest BCUT2D eigenvalue weighted by Crippen LogP contribution is 2.55. The summed E-state index contributed by atoms with van der Waals surface area (Å²) in [5.74, 6) is 1.25. The van der Waals surface area contributed by atoms with Gasteiger partial charge in [-0.05, 0) is 54.9 Å². The van der Waals surface area contributed by atoms with Crippen LogP contribution in [-0.2, 0) is 9.53 Å². The lowest BCUT2D eigenvalue weighted by Crippen LogP contribution is -2.29. The normalized spacial score (nSPS) is 35.1. The van der Waals surface area contributed by atoms with E-state index in [9.17, 15) is 9.90 Å². The summed E-state index contributed by atoms with van der Waals surface area (Å²) in [4.78, 5) is 13.0. The fraction of sp³-hybridized carbons (Fsp3) is 0.526. The van der Waals surface area contributed by atoms with Crippen molar-refractivity contribution in [1.82, 2.24) is 0 Å². The van der Waals surface area contributed by atoms with Gasteiger partial charge in [0.05, 0.1) is 36.7 Å². The number of Topliss-reactive ketones (excluding diaryl/α,β-unsaturated/α-hetero) is 1. The topological polar surface area (TPSA) is 55.8 Å². The van der Waals surface area contributed by atoms with Crippen molar-refractivity contribution in [1.29, 1.82) is 0 Å². The van der Waals surface area contributed by atoms with Gasteiger partial charge in [0.2, 0.25) is 0 Å². The van der Waals surface area contributed by atoms with Gasteiger partial charge in [0.25, 0.3) is 0 Å². The number of fused-ring (bicyclic) bond motifs is 5. The van der Waals surface area contributed by atoms with E-state index in [0.29, 0.717) is 11.5 Å². The standard InChI is InChI=1S/C19H20O4/c1-22-10-4-5-11(9-2-3-9)12(8-10)15-18(20)16-13-6-7-14(23-13)17(16)19(15)21/h4-5,8-9,13-14,16-17,20H,2-3,6-7H2,1H3/t13-,14+,16?,17?/m1/s1. The maximum absolute atomic E-state index is 13.0. The second-order valence-electron chi connectivity index (χ2n) is 7.19. The number of allylic oxidation sites excluding steroid dienone is 1. The Morgan fingerprint density at radius 1 is 1.13 bits per heavy atom. The first-order valence-electron chi connectivity index (χ1n) is 8.50. The Balaban J connectivity index is 1.65. The van der Waals surface area contributed by atoms with E-state index in [-0.39, 0.29) is 35.6 Å². The summed E-state index contributed by atoms with van der Waals surface area (Å²) in [7, 11) is 1.63. The molecule has 2 bridgehead atoms. The average Bonchev–Trinajstić information content (AvgIpc) is 3.11. The largest absolute Gasteiger partial charge is 0.511 e. The summed E-state index contributed by atoms with van der Waals surface area (Å²) >= 11 is 0. The van der Waals surface area contributed by atoms with Gasteiger partial charge in [0.15, 0.2) is 5.78 Å². The Kier molecular flexibility index (Phi) is 2.72. The summed E-state index contributed by atoms with van der Waals surface area (Å²) in [5.41, 5.74) is 2.58. The Bertz CT molecular complexity index is 731. The Hall–Kier alpha value is -1.81. The molecule has 0 radical (unpaired) electrons. The molecule has 120 valence electrons. The summed E-state index contributed by atoms with van der Waals surface area (Å²) in [5, 5.41) is 10.8. The van der Waals surface area contributed by atoms with Crippen molar-refractivity contribution in [3.63, 3.8) is 0 Å². The van der Waals surface area contributed by atoms with E-state index in [4.69, 9.17) is 9.47 Å². The molecule has 4 heteroatoms. The van der Waals surface area contributed by atoms with Gasteiger partial charge in [-0.25, -0.2) is 0 Å². The number of aliphatic hydroxyl groups excluding tert-OH is 1. The molecule has 1 aromatic carbocycles. The molecule has 5 rings (SSSR count). The maximum atomic E-state index is 13.0. The van der Waals surface area contributed by atoms with Crippen LogP contribution in [0, 0.1) is 11.8 Å². The Labute approximate surface area is 135 Å². The van der Waals surface area contributed by atoms with Crippen LogP contribution in [0.4, 0.5) is 0 Å². The van der Waals surface area contributed by atoms with E-state index in [0.717, 1.165) is 37.0 Å². The third-order valence-corrected chi connectivity index (χ3v) is 5.94. The van der Waals surface area contributed by atoms with Crippen molar-refractivity contribution >= 4 is 11.4 Å². The highest BCUT2D eigenvalue weighted by molar-refractivity contribution is 6.25. The zero-order valence-corrected chi connectivity index (χ0v) is 13.1. The van der Waals surface area contributed by atoms with Crippen LogP contribution >= 0.6 is 0 Å². The van der Waals surface area contributed by atoms with E-state index >= 15 is 0 Å². The lowest BCUT2D eigenvalue weighted by Gasteiger charge is -2.19. The summed E-state index contributed by atoms with van der Waals surface area (Å²) in [6.45, 7) is 0. The molecule has 4 nitrogen and oxygen atoms in total. The van der Waals surface area contributed by atoms with Crippen LogP contribution in [0.5, 0.6) is 5.75 Å². The number of carbonyl (C=O) groups is 1. The molecule has 1 N–H and O–H groups in total. The van der Waals surface area contributed by atoms with Gasteiger partial charge in [-0.15, -0.1) is 0 Å². The van der Waals surface area contributed by atoms with Crippen molar-refractivity contribution < 1.29 is 19.4 Å². The molecule has 0 spiro atoms. The smallest absolute Gasteiger partial charge is 0.173 e. The number of carbonyl (C=O) groups excluding carboxylic acids is 1. The SMILES string of the molecule is COc1ccc(C2CC2)c(C2=C(O)C3C(C2=O)[C@@H]2CC[C@H]3O2)c1. The number of aliphatic hydroxyl groups is 1. The first kappa shape index (κ1) is 13.6. The van der Waals surface area contributed by atoms with E-state index in [1.165, 1.54) is 5.56 Å². The van der Waals surface area contributed by atoms with Crippen molar-refractivity contribution in [3.05, 3.63) is 35.1 Å². The molecular weight excluding hydrogens is 292 g/mol. The molecule has 3 fully saturated rings. The molecule has 1 aromatic rings. The Morgan fingerprint density at radius 2 is 1.87 bits per heavy atom. The lowest BCUT2D eigenvalue weighted by molar-refractivity contribution is -0.118. The number of benzene rings is 1. The lowest BCUT2D eigenvalue weighted by atomic mass is 9.80. The monoisotopic (exact) mass is 312 g/mol. The fourth-order valence-electron chi connectivity index (χ4n) is 4.72. The number of ketones is 1. The predicted molar refractivity (Wildman–Crippen MR) is 84.4 cm³/mol. The van der Waals surface area contributed by atoms with Crippen molar-refractivity contribution in [2.75, 3.05) is 7.11 Å². The van der Waals surface area contributed by atoms with Crippen LogP contribution in [0.15, 0.2) is 24.0 Å². The van der Waals surface area contributed by atoms with E-state index < -0.39 is 0 Å². The third-order valence-electron chi connectivity index (χ3n) is 5.94. The van der Waals surface area contributed by atoms with Crippen LogP contribution < -0.4 is 4.74 Å². The van der Waals surface area contributed by atoms with Crippen LogP contribution in [0.3, 0.4) is 0 Å². The number of rotatable bonds is 3. The second kappa shape index (κ2) is 4.60. The molecule has 2 heterocycles. The quantitative estimate of drug-likeness (QED) is 0.931. The third kappa shape index (κ3) is 1.78. The number of hydrogen-bond acceptors (Lipinski definition) is 4. The average molecular weight is 312 g/mol. The predicted octanol–water partition coefficient (Wildman–Crippen LogP) is 3.22. The van der Waals surface area contributed by atoms with Crippen molar-refractivity contribution in [3.8, 4) is 5.75 Å². The first-order valence-corrected chi connectivity index (χ1v) is 8.50. The van der Waals surface area contributed by atoms with Gasteiger partial charge in [0.1, 0.15) is 11.5 Å². The van der Waals surface area contributed by atoms with Gasteiger partial charge < -0.3 is 14.6 Å². The number of hydrogen-bond donors (Lipinski definition) is 1. The summed E-state index contributed by atoms with van der Waals surface area (Å²) in [6.07, 6.45) is 4.20. The zero-order chi connectivity index (χ0) is 15.7. The molecule has 4 aliphatic rings. The van der Waals surface area contributed by atoms with E-state index in [1.54, 1.807) is 7.11 Å². The van der Waals surface area contributed by atoms with Gasteiger partial charge in [-0.3, -0.25) is 4.79 Å². The van der Waals surface area contributed by atoms with Gasteiger partial charge >= 0.3 is 0 Å². The van der Waals surface area contributed by atoms with Crippen molar-refractivity contribution in [2.24, 2.45) is 11.8 Å². The van der Waals surface area contributed by atoms with Crippen LogP contribution in [0.2, 0.25) is 0 Å². The molecule has 0 aromatic heterocycles. The molecule has 2 unspecified atom stereocenters. The highest BCUT2D eigenvalue weighted by Gasteiger charge is 2.59. The molecule has 2 aliphatic carbocycles. The van der Waals surface area contributed by atoms with Crippen LogP contribution in [0.25, 0.3) is 5.57 Å². The minimum absolute atomic E-state index is 0.00728. The molecule has 4 atom stereocenters. The van der Waals surface area contributed by atoms with Gasteiger partial charge in [0, 0.05) is 0 Å². The van der Waals surface area contributed by atoms with Crippen molar-refractivity contribution in [2.45, 2.75) is 43.8 Å². The molecule has 1 saturated carbocycles. The minimum atomic E-state index is -0.179. The van der Waals surface area contributed by atoms with E-state index in [2.05, 4.69) is 6.07 Å². The second-order valence-corrected chi connectivity index (χ2v) is 7.19. The molecule has 2 saturated heterocycles. The zero-order valence-electron chi connectivity index (χ0n) is 13.1. The van der Waals surface area contributed by atoms with Crippen LogP contribution in [0.1, 0.15) is 42.7 Å². The number of methoxy groups -OCH3 is 1. The summed E-state index contributed by atoms with van der Waals surface area (Å²) in [6, 6.07) is 5.92. The van der Waals surface area contributed by atoms with Gasteiger partial charge in [-0.2, -0.15) is 0 Å². The number of ether oxygens (including phenoxy) is 2. The first-order chi connectivity index (χ1) is 11.2. The molecule has 2 aliphatic heterocycles. The van der Waals surface area contributed by atoms with E-state index in [1.807, 2.05) is 12.1 Å². The fourth-order valence-corrected chi connectivity index (χ4v) is 4.72. The van der Waals surface area contributed by atoms with Gasteiger partial charge in [-0.1, -0.05) is 6.07 Å². The molecule has 23 heavy (non-hydrogen) atoms. The highest BCUT2D eigenvalue weighted by atomic mass is 16.5. The molecular formula is C19H20O4. The maximum Gasteiger partial charge on any atom is 0.173 e. The minimum Gasteiger partial charge on any atom is -0.511 e. The summed E-state index contributed by atoms with van der Waals surface area (Å²) < 4.78 is 11.2. The van der Waals surface area contributed by atoms with Crippen LogP contribution in [-0.4, -0.2) is 30.2 Å².